The summed E-state index contributed by atoms with van der Waals surface area (Å²) in [6.45, 7) is 0. The van der Waals surface area contributed by atoms with Gasteiger partial charge in [-0.15, -0.1) is 0 Å². The average Bonchev–Trinajstić information content (AvgIpc) is 0. The van der Waals surface area contributed by atoms with E-state index in [0.717, 1.165) is 0 Å². The number of hydrogen-bond acceptors (Lipinski definition) is 0. The molecule has 4 heteroatoms. The van der Waals surface area contributed by atoms with Crippen LogP contribution in [0.15, 0.2) is 0 Å². The van der Waals surface area contributed by atoms with Crippen LogP contribution in [0.4, 0.5) is 0 Å². The van der Waals surface area contributed by atoms with Crippen molar-refractivity contribution in [2.24, 2.45) is 0 Å². The van der Waals surface area contributed by atoms with Crippen molar-refractivity contribution in [1.82, 2.24) is 0 Å². The third-order valence-electron chi connectivity index (χ3n) is 0. The van der Waals surface area contributed by atoms with Gasteiger partial charge in [-0.3, -0.25) is 0 Å². The molecule has 2 radical (unpaired) electrons. The fourth-order valence-corrected chi connectivity index (χ4v) is 0. The van der Waals surface area contributed by atoms with Gasteiger partial charge in [0, 0.05) is 100 Å². The molecule has 0 aromatic heterocycles. The normalized spacial score (nSPS) is 0. The van der Waals surface area contributed by atoms with Crippen molar-refractivity contribution >= 4 is 0 Å². The fraction of sp³-hybridized carbons (Fsp3) is 0. The Morgan fingerprint density at radius 2 is 1.00 bits per heavy atom. The second-order valence-electron chi connectivity index (χ2n) is 0. The first-order valence-corrected chi connectivity index (χ1v) is 0. The topological polar surface area (TPSA) is 0 Å². The summed E-state index contributed by atoms with van der Waals surface area (Å²) in [6, 6.07) is 0. The van der Waals surface area contributed by atoms with Gasteiger partial charge in [0.25, 0.3) is 0 Å². The molecule has 0 rings (SSSR count). The van der Waals surface area contributed by atoms with Crippen LogP contribution in [0.1, 0.15) is 0 Å². The largest absolute Gasteiger partial charge is 0 e. The van der Waals surface area contributed by atoms with E-state index in [0.29, 0.717) is 0 Å². The van der Waals surface area contributed by atoms with Crippen LogP contribution in [0.3, 0.4) is 0 Å². The van der Waals surface area contributed by atoms with Crippen molar-refractivity contribution < 1.29 is 100 Å². The first-order valence-electron chi connectivity index (χ1n) is 0. The molecule has 0 aromatic carbocycles. The summed E-state index contributed by atoms with van der Waals surface area (Å²) in [5.41, 5.74) is 0. The van der Waals surface area contributed by atoms with Crippen LogP contribution in [-0.4, -0.2) is 0 Å². The summed E-state index contributed by atoms with van der Waals surface area (Å²) in [4.78, 5) is 0. The van der Waals surface area contributed by atoms with Crippen LogP contribution in [0.2, 0.25) is 0 Å². The molecule has 0 nitrogen and oxygen atoms in total. The molecule has 16 valence electrons. The van der Waals surface area contributed by atoms with Crippen molar-refractivity contribution in [2.75, 3.05) is 0 Å². The zero-order valence-electron chi connectivity index (χ0n) is 2.02. The molecule has 0 fully saturated rings. The van der Waals surface area contributed by atoms with Crippen molar-refractivity contribution in [1.29, 1.82) is 0 Å². The van der Waals surface area contributed by atoms with Gasteiger partial charge >= 0.3 is 0 Å². The van der Waals surface area contributed by atoms with Gasteiger partial charge in [0.15, 0.2) is 0 Å². The molecule has 0 heterocycles. The summed E-state index contributed by atoms with van der Waals surface area (Å²) in [6.07, 6.45) is 0. The Labute approximate surface area is 98.1 Å². The molecule has 4 heavy (non-hydrogen) atoms. The van der Waals surface area contributed by atoms with Crippen LogP contribution in [0, 0.1) is 0 Å². The minimum atomic E-state index is 0. The van der Waals surface area contributed by atoms with Gasteiger partial charge in [-0.2, -0.15) is 0 Å². The predicted molar refractivity (Wildman–Crippen MR) is 0 cm³/mol. The van der Waals surface area contributed by atoms with Crippen LogP contribution in [0.5, 0.6) is 0 Å². The van der Waals surface area contributed by atoms with Crippen molar-refractivity contribution in [3.05, 3.63) is 0 Å². The zero-order valence-corrected chi connectivity index (χ0v) is 12.1. The zero-order chi connectivity index (χ0) is 0. The third-order valence-corrected chi connectivity index (χ3v) is 0. The molecule has 0 saturated heterocycles. The Morgan fingerprint density at radius 3 is 1.00 bits per heavy atom. The van der Waals surface area contributed by atoms with Crippen LogP contribution in [0.25, 0.3) is 0 Å². The standard InChI is InChI=1S/Hf.Nb.Sc.Zr. The smallest absolute Gasteiger partial charge is 0 e. The SMILES string of the molecule is [Hf].[Nb].[Sc].[Zr]. The van der Waals surface area contributed by atoms with E-state index in [1.54, 1.807) is 0 Å². The summed E-state index contributed by atoms with van der Waals surface area (Å²) in [7, 11) is 0. The molecule has 0 aromatic rings. The summed E-state index contributed by atoms with van der Waals surface area (Å²) in [5, 5.41) is 0. The summed E-state index contributed by atoms with van der Waals surface area (Å²) in [5.74, 6) is 0. The van der Waals surface area contributed by atoms with E-state index < -0.39 is 0 Å². The second kappa shape index (κ2) is 16.2. The van der Waals surface area contributed by atoms with E-state index in [1.165, 1.54) is 0 Å². The minimum Gasteiger partial charge on any atom is 0 e. The molecule has 0 atom stereocenters. The first-order chi connectivity index (χ1) is 0. The summed E-state index contributed by atoms with van der Waals surface area (Å²) >= 11 is 0. The van der Waals surface area contributed by atoms with Gasteiger partial charge in [0.05, 0.1) is 0 Å². The summed E-state index contributed by atoms with van der Waals surface area (Å²) < 4.78 is 0. The van der Waals surface area contributed by atoms with E-state index in [2.05, 4.69) is 0 Å². The van der Waals surface area contributed by atoms with E-state index in [4.69, 9.17) is 0 Å². The number of hydrogen-bond donors (Lipinski definition) is 0. The first kappa shape index (κ1) is 26.4. The van der Waals surface area contributed by atoms with Gasteiger partial charge in [0.1, 0.15) is 0 Å². The molecule has 0 aliphatic rings. The predicted octanol–water partition coefficient (Wildman–Crippen LogP) is -0.0100. The Morgan fingerprint density at radius 1 is 1.00 bits per heavy atom. The molecule has 0 saturated carbocycles. The Hall–Kier alpha value is 3.36. The van der Waals surface area contributed by atoms with Crippen LogP contribution < -0.4 is 0 Å². The maximum absolute atomic E-state index is 0. The Kier molecular flexibility index (Phi) is 107. The van der Waals surface area contributed by atoms with Gasteiger partial charge in [-0.1, -0.05) is 0 Å². The molecule has 0 unspecified atom stereocenters. The molecule has 0 bridgehead atoms. The van der Waals surface area contributed by atoms with E-state index in [1.807, 2.05) is 0 Å². The molecule has 0 aliphatic heterocycles. The molecule has 0 N–H and O–H groups in total. The van der Waals surface area contributed by atoms with Crippen LogP contribution >= 0.6 is 0 Å². The van der Waals surface area contributed by atoms with Crippen LogP contribution in [-0.2, 0) is 100 Å². The van der Waals surface area contributed by atoms with Gasteiger partial charge < -0.3 is 0 Å². The molecule has 0 aliphatic carbocycles. The minimum absolute atomic E-state index is 0. The quantitative estimate of drug-likeness (QED) is 0.496. The maximum atomic E-state index is 0. The maximum Gasteiger partial charge on any atom is 0 e. The van der Waals surface area contributed by atoms with Crippen molar-refractivity contribution in [3.63, 3.8) is 0 Å². The van der Waals surface area contributed by atoms with Gasteiger partial charge in [-0.05, 0) is 0 Å². The molecule has 0 amide bonds. The molecule has 0 spiro atoms. The van der Waals surface area contributed by atoms with E-state index in [9.17, 15) is 0 Å². The van der Waals surface area contributed by atoms with Crippen molar-refractivity contribution in [2.45, 2.75) is 0 Å². The Balaban J connectivity index is 0. The van der Waals surface area contributed by atoms with Gasteiger partial charge in [-0.25, -0.2) is 0 Å². The average molecular weight is 408 g/mol. The Bertz CT molecular complexity index is 8.00. The second-order valence-corrected chi connectivity index (χ2v) is 0. The fourth-order valence-electron chi connectivity index (χ4n) is 0. The molecular formula is HfNbScZr. The van der Waals surface area contributed by atoms with Gasteiger partial charge in [0.2, 0.25) is 0 Å². The van der Waals surface area contributed by atoms with Crippen molar-refractivity contribution in [3.8, 4) is 0 Å². The third kappa shape index (κ3) is 9.03. The monoisotopic (exact) mass is 408 g/mol. The van der Waals surface area contributed by atoms with E-state index >= 15 is 0 Å². The van der Waals surface area contributed by atoms with E-state index in [-0.39, 0.29) is 100 Å². The molecular weight excluding hydrogens is 408 g/mol. The number of rotatable bonds is 0.